The third-order valence-electron chi connectivity index (χ3n) is 3.91. The number of benzene rings is 1. The van der Waals surface area contributed by atoms with Crippen molar-refractivity contribution in [1.29, 1.82) is 0 Å². The molecule has 0 N–H and O–H groups in total. The van der Waals surface area contributed by atoms with Gasteiger partial charge in [-0.1, -0.05) is 18.2 Å². The number of aliphatic imine (C=N–C) groups is 1. The largest absolute Gasteiger partial charge is 0.493 e. The van der Waals surface area contributed by atoms with E-state index in [1.54, 1.807) is 15.4 Å². The molecule has 6 heteroatoms. The van der Waals surface area contributed by atoms with Gasteiger partial charge in [-0.2, -0.15) is 0 Å². The number of ether oxygens (including phenoxy) is 1. The average molecular weight is 323 g/mol. The summed E-state index contributed by atoms with van der Waals surface area (Å²) in [6.07, 6.45) is 4.48. The number of aromatic nitrogens is 2. The van der Waals surface area contributed by atoms with E-state index in [0.717, 1.165) is 11.4 Å². The summed E-state index contributed by atoms with van der Waals surface area (Å²) in [7, 11) is 3.24. The molecule has 0 fully saturated rings. The van der Waals surface area contributed by atoms with Gasteiger partial charge in [0.1, 0.15) is 0 Å². The Hall–Kier alpha value is -3.15. The first-order valence-electron chi connectivity index (χ1n) is 7.43. The Kier molecular flexibility index (Phi) is 4.04. The molecule has 1 aliphatic rings. The number of hydrogen-bond acceptors (Lipinski definition) is 4. The van der Waals surface area contributed by atoms with E-state index in [-0.39, 0.29) is 17.1 Å². The van der Waals surface area contributed by atoms with Crippen LogP contribution in [0.4, 0.5) is 5.69 Å². The zero-order valence-corrected chi connectivity index (χ0v) is 13.7. The number of methoxy groups -OCH3 is 1. The van der Waals surface area contributed by atoms with Crippen LogP contribution >= 0.6 is 0 Å². The fourth-order valence-corrected chi connectivity index (χ4v) is 2.54. The zero-order valence-electron chi connectivity index (χ0n) is 13.7. The van der Waals surface area contributed by atoms with Gasteiger partial charge < -0.3 is 4.74 Å². The summed E-state index contributed by atoms with van der Waals surface area (Å²) in [4.78, 5) is 28.8. The minimum atomic E-state index is -0.220. The van der Waals surface area contributed by atoms with Gasteiger partial charge in [0.2, 0.25) is 5.78 Å². The summed E-state index contributed by atoms with van der Waals surface area (Å²) in [5, 5.41) is 0. The maximum Gasteiger partial charge on any atom is 0.297 e. The molecule has 122 valence electrons. The minimum absolute atomic E-state index is 0.202. The number of para-hydroxylation sites is 1. The highest BCUT2D eigenvalue weighted by Crippen LogP contribution is 2.18. The molecule has 6 nitrogen and oxygen atoms in total. The van der Waals surface area contributed by atoms with Crippen molar-refractivity contribution in [3.63, 3.8) is 0 Å². The number of carbonyl (C=O) groups is 1. The van der Waals surface area contributed by atoms with Gasteiger partial charge >= 0.3 is 0 Å². The second kappa shape index (κ2) is 6.16. The molecule has 1 aliphatic carbocycles. The van der Waals surface area contributed by atoms with Crippen LogP contribution in [0.15, 0.2) is 64.1 Å². The lowest BCUT2D eigenvalue weighted by molar-refractivity contribution is -0.114. The van der Waals surface area contributed by atoms with Crippen LogP contribution in [-0.4, -0.2) is 28.0 Å². The number of ketones is 1. The molecular weight excluding hydrogens is 306 g/mol. The van der Waals surface area contributed by atoms with E-state index in [9.17, 15) is 9.59 Å². The Morgan fingerprint density at radius 2 is 1.79 bits per heavy atom. The second-order valence-electron chi connectivity index (χ2n) is 5.36. The van der Waals surface area contributed by atoms with Crippen LogP contribution in [0.5, 0.6) is 0 Å². The summed E-state index contributed by atoms with van der Waals surface area (Å²) in [6.45, 7) is 1.83. The molecule has 1 aromatic carbocycles. The van der Waals surface area contributed by atoms with E-state index in [2.05, 4.69) is 4.99 Å². The predicted octanol–water partition coefficient (Wildman–Crippen LogP) is 2.23. The van der Waals surface area contributed by atoms with E-state index in [0.29, 0.717) is 11.4 Å². The van der Waals surface area contributed by atoms with Crippen LogP contribution < -0.4 is 5.56 Å². The monoisotopic (exact) mass is 323 g/mol. The van der Waals surface area contributed by atoms with Crippen LogP contribution in [0, 0.1) is 6.92 Å². The first kappa shape index (κ1) is 15.7. The lowest BCUT2D eigenvalue weighted by Gasteiger charge is -2.07. The Morgan fingerprint density at radius 3 is 2.46 bits per heavy atom. The minimum Gasteiger partial charge on any atom is -0.493 e. The van der Waals surface area contributed by atoms with Gasteiger partial charge in [-0.3, -0.25) is 14.3 Å². The van der Waals surface area contributed by atoms with Crippen molar-refractivity contribution in [2.24, 2.45) is 12.0 Å². The number of allylic oxidation sites excluding steroid dienone is 3. The topological polar surface area (TPSA) is 65.6 Å². The van der Waals surface area contributed by atoms with E-state index < -0.39 is 0 Å². The quantitative estimate of drug-likeness (QED) is 0.814. The molecule has 1 aromatic heterocycles. The number of nitrogens with zero attached hydrogens (tertiary/aromatic N) is 3. The predicted molar refractivity (Wildman–Crippen MR) is 92.1 cm³/mol. The molecule has 0 bridgehead atoms. The van der Waals surface area contributed by atoms with Crippen molar-refractivity contribution in [2.45, 2.75) is 6.92 Å². The molecular formula is C18H17N3O3. The van der Waals surface area contributed by atoms with E-state index in [1.807, 2.05) is 44.3 Å². The van der Waals surface area contributed by atoms with Crippen LogP contribution in [0.1, 0.15) is 5.69 Å². The van der Waals surface area contributed by atoms with Crippen LogP contribution in [0.3, 0.4) is 0 Å². The van der Waals surface area contributed by atoms with Crippen molar-refractivity contribution in [2.75, 3.05) is 7.11 Å². The average Bonchev–Trinajstić information content (AvgIpc) is 2.80. The van der Waals surface area contributed by atoms with E-state index in [1.165, 1.54) is 19.3 Å². The first-order chi connectivity index (χ1) is 11.5. The smallest absolute Gasteiger partial charge is 0.297 e. The van der Waals surface area contributed by atoms with Gasteiger partial charge in [-0.05, 0) is 31.2 Å². The van der Waals surface area contributed by atoms with Gasteiger partial charge in [0, 0.05) is 13.1 Å². The first-order valence-corrected chi connectivity index (χ1v) is 7.43. The molecule has 0 amide bonds. The molecule has 0 saturated heterocycles. The fraction of sp³-hybridized carbons (Fsp3) is 0.167. The Morgan fingerprint density at radius 1 is 1.08 bits per heavy atom. The molecule has 3 rings (SSSR count). The summed E-state index contributed by atoms with van der Waals surface area (Å²) >= 11 is 0. The fourth-order valence-electron chi connectivity index (χ4n) is 2.54. The standard InChI is InChI=1S/C18H17N3O3/c1-12-17(19-13-9-10-15(22)16(11-13)24-3)18(23)21(20(12)2)14-7-5-4-6-8-14/h4-11H,1-3H3/b19-13-. The SMILES string of the molecule is COC1=C/C(=N\c2c(C)n(C)n(-c3ccccc3)c2=O)C=CC1=O. The normalized spacial score (nSPS) is 15.7. The van der Waals surface area contributed by atoms with E-state index in [4.69, 9.17) is 4.74 Å². The summed E-state index contributed by atoms with van der Waals surface area (Å²) < 4.78 is 8.34. The Labute approximate surface area is 139 Å². The zero-order chi connectivity index (χ0) is 17.3. The van der Waals surface area contributed by atoms with Gasteiger partial charge in [-0.15, -0.1) is 0 Å². The summed E-state index contributed by atoms with van der Waals surface area (Å²) in [6, 6.07) is 9.36. The molecule has 0 spiro atoms. The third kappa shape index (κ3) is 2.62. The van der Waals surface area contributed by atoms with Gasteiger partial charge in [0.05, 0.1) is 24.2 Å². The van der Waals surface area contributed by atoms with E-state index >= 15 is 0 Å². The molecule has 0 saturated carbocycles. The number of rotatable bonds is 3. The maximum atomic E-state index is 12.8. The van der Waals surface area contributed by atoms with Crippen LogP contribution in [0.2, 0.25) is 0 Å². The number of carbonyl (C=O) groups excluding carboxylic acids is 1. The highest BCUT2D eigenvalue weighted by molar-refractivity contribution is 6.18. The number of hydrogen-bond donors (Lipinski definition) is 0. The lowest BCUT2D eigenvalue weighted by Crippen LogP contribution is -2.19. The second-order valence-corrected chi connectivity index (χ2v) is 5.36. The van der Waals surface area contributed by atoms with Crippen molar-refractivity contribution in [3.05, 3.63) is 70.4 Å². The summed E-state index contributed by atoms with van der Waals surface area (Å²) in [5.41, 5.74) is 2.11. The molecule has 2 aromatic rings. The maximum absolute atomic E-state index is 12.8. The van der Waals surface area contributed by atoms with Crippen molar-refractivity contribution >= 4 is 17.2 Å². The highest BCUT2D eigenvalue weighted by atomic mass is 16.5. The molecule has 0 radical (unpaired) electrons. The van der Waals surface area contributed by atoms with Crippen LogP contribution in [0.25, 0.3) is 5.69 Å². The molecule has 24 heavy (non-hydrogen) atoms. The van der Waals surface area contributed by atoms with Crippen molar-refractivity contribution in [3.8, 4) is 5.69 Å². The Bertz CT molecular complexity index is 944. The third-order valence-corrected chi connectivity index (χ3v) is 3.91. The molecule has 0 aliphatic heterocycles. The van der Waals surface area contributed by atoms with Crippen molar-refractivity contribution < 1.29 is 9.53 Å². The molecule has 1 heterocycles. The van der Waals surface area contributed by atoms with Gasteiger partial charge in [0.25, 0.3) is 5.56 Å². The van der Waals surface area contributed by atoms with Gasteiger partial charge in [0.15, 0.2) is 11.4 Å². The highest BCUT2D eigenvalue weighted by Gasteiger charge is 2.17. The lowest BCUT2D eigenvalue weighted by atomic mass is 10.1. The van der Waals surface area contributed by atoms with Crippen molar-refractivity contribution in [1.82, 2.24) is 9.36 Å². The molecule has 0 unspecified atom stereocenters. The summed E-state index contributed by atoms with van der Waals surface area (Å²) in [5.74, 6) is -0.0175. The molecule has 0 atom stereocenters. The van der Waals surface area contributed by atoms with Gasteiger partial charge in [-0.25, -0.2) is 9.67 Å². The Balaban J connectivity index is 2.13. The van der Waals surface area contributed by atoms with Crippen LogP contribution in [-0.2, 0) is 16.6 Å².